The predicted octanol–water partition coefficient (Wildman–Crippen LogP) is 4.45. The van der Waals surface area contributed by atoms with Gasteiger partial charge in [-0.2, -0.15) is 5.26 Å². The summed E-state index contributed by atoms with van der Waals surface area (Å²) in [4.78, 5) is 9.23. The van der Waals surface area contributed by atoms with Crippen molar-refractivity contribution >= 4 is 39.9 Å². The molecule has 0 unspecified atom stereocenters. The molecule has 0 aliphatic heterocycles. The Hall–Kier alpha value is -2.22. The maximum Gasteiger partial charge on any atom is 0.184 e. The maximum atomic E-state index is 9.08. The SMILES string of the molecule is CN(C#N)c1ccccc1-c1nc2cc(Cl)c(Cl)cc2[nH]1. The zero-order valence-electron chi connectivity index (χ0n) is 11.1. The summed E-state index contributed by atoms with van der Waals surface area (Å²) < 4.78 is 0. The molecule has 0 fully saturated rings. The second-order valence-corrected chi connectivity index (χ2v) is 5.36. The molecule has 1 aromatic heterocycles. The van der Waals surface area contributed by atoms with Crippen molar-refractivity contribution in [2.45, 2.75) is 0 Å². The second-order valence-electron chi connectivity index (χ2n) is 4.55. The number of rotatable bonds is 2. The number of halogens is 2. The van der Waals surface area contributed by atoms with Crippen molar-refractivity contribution in [2.75, 3.05) is 11.9 Å². The second kappa shape index (κ2) is 5.28. The molecular weight excluding hydrogens is 307 g/mol. The first-order valence-electron chi connectivity index (χ1n) is 6.18. The molecule has 1 heterocycles. The van der Waals surface area contributed by atoms with Crippen LogP contribution >= 0.6 is 23.2 Å². The Labute approximate surface area is 131 Å². The van der Waals surface area contributed by atoms with Crippen LogP contribution in [0.4, 0.5) is 5.69 Å². The third kappa shape index (κ3) is 2.42. The lowest BCUT2D eigenvalue weighted by atomic mass is 10.1. The summed E-state index contributed by atoms with van der Waals surface area (Å²) in [6.07, 6.45) is 2.09. The summed E-state index contributed by atoms with van der Waals surface area (Å²) in [6, 6.07) is 11.0. The molecule has 0 aliphatic carbocycles. The molecule has 3 aromatic rings. The van der Waals surface area contributed by atoms with Gasteiger partial charge in [-0.05, 0) is 24.3 Å². The number of hydrogen-bond donors (Lipinski definition) is 1. The molecule has 0 aliphatic rings. The summed E-state index contributed by atoms with van der Waals surface area (Å²) in [6.45, 7) is 0. The van der Waals surface area contributed by atoms with Gasteiger partial charge in [0, 0.05) is 12.6 Å². The van der Waals surface area contributed by atoms with E-state index in [1.165, 1.54) is 4.90 Å². The van der Waals surface area contributed by atoms with Crippen molar-refractivity contribution in [2.24, 2.45) is 0 Å². The highest BCUT2D eigenvalue weighted by molar-refractivity contribution is 6.42. The van der Waals surface area contributed by atoms with Gasteiger partial charge in [0.1, 0.15) is 5.82 Å². The number of fused-ring (bicyclic) bond motifs is 1. The number of anilines is 1. The van der Waals surface area contributed by atoms with Crippen LogP contribution in [0.5, 0.6) is 0 Å². The molecular formula is C15H10Cl2N4. The number of nitrogens with one attached hydrogen (secondary N) is 1. The minimum Gasteiger partial charge on any atom is -0.338 e. The fourth-order valence-electron chi connectivity index (χ4n) is 2.15. The van der Waals surface area contributed by atoms with E-state index < -0.39 is 0 Å². The van der Waals surface area contributed by atoms with E-state index in [0.717, 1.165) is 22.3 Å². The monoisotopic (exact) mass is 316 g/mol. The maximum absolute atomic E-state index is 9.08. The van der Waals surface area contributed by atoms with Gasteiger partial charge in [-0.1, -0.05) is 35.3 Å². The highest BCUT2D eigenvalue weighted by Crippen LogP contribution is 2.32. The fourth-order valence-corrected chi connectivity index (χ4v) is 2.47. The standard InChI is InChI=1S/C15H10Cl2N4/c1-21(8-18)14-5-3-2-4-9(14)15-19-12-6-10(16)11(17)7-13(12)20-15/h2-7H,1H3,(H,19,20). The number of imidazole rings is 1. The number of aromatic nitrogens is 2. The minimum absolute atomic E-state index is 0.463. The number of aromatic amines is 1. The lowest BCUT2D eigenvalue weighted by molar-refractivity contribution is 1.19. The topological polar surface area (TPSA) is 55.7 Å². The zero-order chi connectivity index (χ0) is 15.0. The molecule has 0 atom stereocenters. The highest BCUT2D eigenvalue weighted by Gasteiger charge is 2.13. The van der Waals surface area contributed by atoms with E-state index in [1.807, 2.05) is 24.3 Å². The van der Waals surface area contributed by atoms with Gasteiger partial charge in [-0.25, -0.2) is 4.98 Å². The number of hydrogen-bond acceptors (Lipinski definition) is 3. The van der Waals surface area contributed by atoms with E-state index in [4.69, 9.17) is 28.5 Å². The van der Waals surface area contributed by atoms with Gasteiger partial charge in [0.2, 0.25) is 0 Å². The van der Waals surface area contributed by atoms with E-state index in [2.05, 4.69) is 16.2 Å². The molecule has 0 bridgehead atoms. The van der Waals surface area contributed by atoms with Crippen LogP contribution in [-0.2, 0) is 0 Å². The Morgan fingerprint density at radius 2 is 1.90 bits per heavy atom. The lowest BCUT2D eigenvalue weighted by Gasteiger charge is -2.12. The number of para-hydroxylation sites is 1. The van der Waals surface area contributed by atoms with Crippen molar-refractivity contribution in [3.05, 3.63) is 46.4 Å². The average molecular weight is 317 g/mol. The van der Waals surface area contributed by atoms with E-state index in [1.54, 1.807) is 19.2 Å². The Morgan fingerprint density at radius 1 is 1.19 bits per heavy atom. The summed E-state index contributed by atoms with van der Waals surface area (Å²) >= 11 is 12.0. The summed E-state index contributed by atoms with van der Waals surface area (Å²) in [7, 11) is 1.70. The Kier molecular flexibility index (Phi) is 3.46. The van der Waals surface area contributed by atoms with Crippen molar-refractivity contribution < 1.29 is 0 Å². The molecule has 0 amide bonds. The Bertz CT molecular complexity index is 825. The van der Waals surface area contributed by atoms with Crippen molar-refractivity contribution in [1.29, 1.82) is 5.26 Å². The molecule has 6 heteroatoms. The largest absolute Gasteiger partial charge is 0.338 e. The molecule has 2 aromatic carbocycles. The first-order chi connectivity index (χ1) is 10.1. The van der Waals surface area contributed by atoms with Gasteiger partial charge < -0.3 is 4.98 Å². The molecule has 0 saturated carbocycles. The molecule has 4 nitrogen and oxygen atoms in total. The van der Waals surface area contributed by atoms with Crippen molar-refractivity contribution in [3.63, 3.8) is 0 Å². The van der Waals surface area contributed by atoms with Gasteiger partial charge >= 0.3 is 0 Å². The normalized spacial score (nSPS) is 10.6. The van der Waals surface area contributed by atoms with Crippen molar-refractivity contribution in [3.8, 4) is 17.6 Å². The van der Waals surface area contributed by atoms with Crippen molar-refractivity contribution in [1.82, 2.24) is 9.97 Å². The van der Waals surface area contributed by atoms with Crippen LogP contribution in [0.15, 0.2) is 36.4 Å². The minimum atomic E-state index is 0.463. The van der Waals surface area contributed by atoms with Gasteiger partial charge in [-0.15, -0.1) is 0 Å². The Morgan fingerprint density at radius 3 is 2.67 bits per heavy atom. The smallest absolute Gasteiger partial charge is 0.184 e. The summed E-state index contributed by atoms with van der Waals surface area (Å²) in [5.41, 5.74) is 3.14. The molecule has 0 radical (unpaired) electrons. The van der Waals surface area contributed by atoms with Crippen LogP contribution in [-0.4, -0.2) is 17.0 Å². The number of benzene rings is 2. The van der Waals surface area contributed by atoms with Gasteiger partial charge in [0.15, 0.2) is 6.19 Å². The van der Waals surface area contributed by atoms with Crippen LogP contribution < -0.4 is 4.90 Å². The highest BCUT2D eigenvalue weighted by atomic mass is 35.5. The lowest BCUT2D eigenvalue weighted by Crippen LogP contribution is -2.09. The first kappa shape index (κ1) is 13.7. The van der Waals surface area contributed by atoms with E-state index in [-0.39, 0.29) is 0 Å². The van der Waals surface area contributed by atoms with E-state index >= 15 is 0 Å². The first-order valence-corrected chi connectivity index (χ1v) is 6.93. The third-order valence-corrected chi connectivity index (χ3v) is 3.92. The molecule has 0 spiro atoms. The predicted molar refractivity (Wildman–Crippen MR) is 85.6 cm³/mol. The number of nitrogens with zero attached hydrogens (tertiary/aromatic N) is 3. The molecule has 1 N–H and O–H groups in total. The molecule has 3 rings (SSSR count). The summed E-state index contributed by atoms with van der Waals surface area (Å²) in [5, 5.41) is 10.0. The zero-order valence-corrected chi connectivity index (χ0v) is 12.6. The van der Waals surface area contributed by atoms with E-state index in [0.29, 0.717) is 15.9 Å². The molecule has 0 saturated heterocycles. The third-order valence-electron chi connectivity index (χ3n) is 3.19. The van der Waals surface area contributed by atoms with Gasteiger partial charge in [-0.3, -0.25) is 4.90 Å². The van der Waals surface area contributed by atoms with Crippen LogP contribution in [0.3, 0.4) is 0 Å². The quantitative estimate of drug-likeness (QED) is 0.561. The fraction of sp³-hybridized carbons (Fsp3) is 0.0667. The van der Waals surface area contributed by atoms with E-state index in [9.17, 15) is 0 Å². The number of H-pyrrole nitrogens is 1. The number of nitriles is 1. The molecule has 104 valence electrons. The van der Waals surface area contributed by atoms with Gasteiger partial charge in [0.05, 0.1) is 26.8 Å². The van der Waals surface area contributed by atoms with Crippen LogP contribution in [0.2, 0.25) is 10.0 Å². The van der Waals surface area contributed by atoms with Crippen LogP contribution in [0, 0.1) is 11.5 Å². The van der Waals surface area contributed by atoms with Crippen LogP contribution in [0.1, 0.15) is 0 Å². The van der Waals surface area contributed by atoms with Gasteiger partial charge in [0.25, 0.3) is 0 Å². The average Bonchev–Trinajstić information content (AvgIpc) is 2.89. The van der Waals surface area contributed by atoms with Crippen LogP contribution in [0.25, 0.3) is 22.4 Å². The Balaban J connectivity index is 2.20. The summed E-state index contributed by atoms with van der Waals surface area (Å²) in [5.74, 6) is 0.668. The molecule has 21 heavy (non-hydrogen) atoms.